The number of fused-ring (bicyclic) bond motifs is 5. The zero-order valence-electron chi connectivity index (χ0n) is 52.7. The first-order chi connectivity index (χ1) is 42.7. The summed E-state index contributed by atoms with van der Waals surface area (Å²) in [6, 6.07) is 48.8. The van der Waals surface area contributed by atoms with Crippen LogP contribution in [-0.4, -0.2) is 83.1 Å². The first-order valence-electron chi connectivity index (χ1n) is 28.6. The zero-order valence-corrected chi connectivity index (χ0v) is 64.6. The van der Waals surface area contributed by atoms with Crippen molar-refractivity contribution in [2.75, 3.05) is 70.1 Å². The van der Waals surface area contributed by atoms with Crippen LogP contribution in [0.4, 0.5) is 86.6 Å². The molecular weight excluding hydrogens is 2060 g/mol. The molecular formula is C68H66Ir5N20-10. The normalized spacial score (nSPS) is 13.3. The van der Waals surface area contributed by atoms with Crippen LogP contribution in [0.3, 0.4) is 0 Å². The molecule has 5 aromatic heterocycles. The van der Waals surface area contributed by atoms with Gasteiger partial charge in [0.25, 0.3) is 0 Å². The summed E-state index contributed by atoms with van der Waals surface area (Å²) in [6.07, 6.45) is 17.1. The van der Waals surface area contributed by atoms with Crippen molar-refractivity contribution in [2.24, 2.45) is 0 Å². The number of hydrogen-bond acceptors (Lipinski definition) is 20. The molecule has 5 aromatic carbocycles. The van der Waals surface area contributed by atoms with Crippen LogP contribution in [0.15, 0.2) is 159 Å². The fourth-order valence-corrected chi connectivity index (χ4v) is 9.88. The molecule has 10 heterocycles. The van der Waals surface area contributed by atoms with E-state index in [1.165, 1.54) is 22.3 Å². The molecule has 0 bridgehead atoms. The maximum absolute atomic E-state index is 4.45. The number of aryl methyl sites for hydroxylation is 4. The Morgan fingerprint density at radius 3 is 0.785 bits per heavy atom. The van der Waals surface area contributed by atoms with Gasteiger partial charge in [0.05, 0.1) is 0 Å². The standard InChI is InChI=1S/2C15H16N4.2C13H12N4.C12H10N4.5Ir/c2*1-11(2)18-10-19(13-6-4-5-12(3)9-13)15-14(18)16-7-8-17-15;2*1-10-4-3-5-11(8-10)17-9-16(2)12-13(17)15-7-6-14-12;1-15-9-16(10-5-3-2-4-6-10)12-11(15)13-7-8-14-12;;;;;/h2*4-5,7-11H,1-3H3;2*3-4,6-9H,1-2H3;2-5,7-9H,1H3;;;;;/q5*-2;;;;;. The first kappa shape index (κ1) is 74.8. The van der Waals surface area contributed by atoms with Crippen molar-refractivity contribution >= 4 is 86.6 Å². The second kappa shape index (κ2) is 34.2. The quantitative estimate of drug-likeness (QED) is 0.138. The minimum atomic E-state index is 0. The average Bonchev–Trinajstić information content (AvgIpc) is 1.71. The van der Waals surface area contributed by atoms with Gasteiger partial charge in [0.2, 0.25) is 0 Å². The summed E-state index contributed by atoms with van der Waals surface area (Å²) >= 11 is 0. The first-order valence-corrected chi connectivity index (χ1v) is 28.6. The van der Waals surface area contributed by atoms with Gasteiger partial charge < -0.3 is 49.0 Å². The van der Waals surface area contributed by atoms with Crippen LogP contribution in [0, 0.1) is 91.4 Å². The van der Waals surface area contributed by atoms with Crippen LogP contribution in [0.5, 0.6) is 0 Å². The van der Waals surface area contributed by atoms with Crippen LogP contribution >= 0.6 is 0 Å². The van der Waals surface area contributed by atoms with Gasteiger partial charge in [0.15, 0.2) is 0 Å². The third-order valence-corrected chi connectivity index (χ3v) is 14.1. The van der Waals surface area contributed by atoms with E-state index in [9.17, 15) is 0 Å². The van der Waals surface area contributed by atoms with Crippen molar-refractivity contribution in [2.45, 2.75) is 67.5 Å². The van der Waals surface area contributed by atoms with Gasteiger partial charge in [-0.25, -0.2) is 49.8 Å². The SMILES string of the molecule is CN1[CH-]N(c2[c-]cccc2)c2nccnc21.Cc1cc[c-]c(N2[CH-]N(C(C)C)c3nccnc32)c1.Cc1cc[c-]c(N2[CH-]N(C(C)C)c3nccnc32)c1.Cc1cc[c-]c(N2[CH-]N(C)c3nccnc32)c1.Cc1cc[c-]c(N2[CH-]N(C)c3nccnc32)c1.[Ir].[Ir].[Ir].[Ir].[Ir]. The van der Waals surface area contributed by atoms with E-state index in [1.807, 2.05) is 166 Å². The summed E-state index contributed by atoms with van der Waals surface area (Å²) < 4.78 is 0. The molecule has 0 amide bonds. The van der Waals surface area contributed by atoms with Crippen LogP contribution in [0.1, 0.15) is 49.9 Å². The fourth-order valence-electron chi connectivity index (χ4n) is 9.88. The molecule has 0 fully saturated rings. The Bertz CT molecular complexity index is 3800. The van der Waals surface area contributed by atoms with E-state index < -0.39 is 0 Å². The molecule has 0 N–H and O–H groups in total. The number of rotatable bonds is 7. The molecule has 0 atom stereocenters. The van der Waals surface area contributed by atoms with E-state index >= 15 is 0 Å². The van der Waals surface area contributed by atoms with E-state index in [0.717, 1.165) is 86.6 Å². The van der Waals surface area contributed by atoms with Gasteiger partial charge in [0.1, 0.15) is 58.2 Å². The van der Waals surface area contributed by atoms with Crippen molar-refractivity contribution in [1.82, 2.24) is 49.8 Å². The van der Waals surface area contributed by atoms with Gasteiger partial charge in [-0.15, -0.1) is 86.0 Å². The maximum Gasteiger partial charge on any atom is 0.144 e. The van der Waals surface area contributed by atoms with Gasteiger partial charge in [-0.2, -0.15) is 125 Å². The average molecular weight is 2120 g/mol. The molecule has 493 valence electrons. The summed E-state index contributed by atoms with van der Waals surface area (Å²) in [7, 11) is 5.88. The van der Waals surface area contributed by atoms with Crippen LogP contribution in [-0.2, 0) is 101 Å². The monoisotopic (exact) mass is 2130 g/mol. The minimum Gasteiger partial charge on any atom is -0.487 e. The van der Waals surface area contributed by atoms with Crippen molar-refractivity contribution in [3.05, 3.63) is 245 Å². The van der Waals surface area contributed by atoms with Gasteiger partial charge in [-0.1, -0.05) is 27.7 Å². The third kappa shape index (κ3) is 17.2. The Morgan fingerprint density at radius 2 is 0.527 bits per heavy atom. The van der Waals surface area contributed by atoms with E-state index in [2.05, 4.69) is 170 Å². The van der Waals surface area contributed by atoms with Crippen molar-refractivity contribution in [3.63, 3.8) is 0 Å². The largest absolute Gasteiger partial charge is 0.487 e. The number of para-hydroxylation sites is 1. The zero-order chi connectivity index (χ0) is 61.4. The second-order valence-electron chi connectivity index (χ2n) is 21.5. The van der Waals surface area contributed by atoms with E-state index in [4.69, 9.17) is 0 Å². The second-order valence-corrected chi connectivity index (χ2v) is 21.5. The van der Waals surface area contributed by atoms with Crippen molar-refractivity contribution in [1.29, 1.82) is 0 Å². The molecule has 0 saturated heterocycles. The van der Waals surface area contributed by atoms with Crippen molar-refractivity contribution in [3.8, 4) is 0 Å². The summed E-state index contributed by atoms with van der Waals surface area (Å²) in [5.74, 6) is 8.63. The number of nitrogens with zero attached hydrogens (tertiary/aromatic N) is 20. The van der Waals surface area contributed by atoms with Gasteiger partial charge in [-0.05, 0) is 60.9 Å². The molecule has 20 nitrogen and oxygen atoms in total. The Hall–Kier alpha value is -7.25. The Balaban J connectivity index is 0.000000182. The molecule has 0 spiro atoms. The molecule has 5 aliphatic heterocycles. The predicted octanol–water partition coefficient (Wildman–Crippen LogP) is 12.7. The van der Waals surface area contributed by atoms with Gasteiger partial charge >= 0.3 is 0 Å². The Labute approximate surface area is 614 Å². The van der Waals surface area contributed by atoms with Crippen LogP contribution < -0.4 is 49.0 Å². The summed E-state index contributed by atoms with van der Waals surface area (Å²) in [5.41, 5.74) is 9.72. The molecule has 0 aliphatic carbocycles. The third-order valence-electron chi connectivity index (χ3n) is 14.1. The molecule has 15 rings (SSSR count). The number of hydrogen-bond donors (Lipinski definition) is 0. The molecule has 0 unspecified atom stereocenters. The Kier molecular flexibility index (Phi) is 27.5. The number of benzene rings is 5. The van der Waals surface area contributed by atoms with E-state index in [0.29, 0.717) is 12.1 Å². The number of aromatic nitrogens is 10. The van der Waals surface area contributed by atoms with Crippen LogP contribution in [0.25, 0.3) is 0 Å². The summed E-state index contributed by atoms with van der Waals surface area (Å²) in [6.45, 7) is 26.8. The van der Waals surface area contributed by atoms with Crippen molar-refractivity contribution < 1.29 is 101 Å². The molecule has 5 aliphatic rings. The molecule has 5 radical (unpaired) electrons. The molecule has 25 heteroatoms. The molecule has 0 saturated carbocycles. The fraction of sp³-hybridized carbons (Fsp3) is 0.191. The minimum absolute atomic E-state index is 0. The smallest absolute Gasteiger partial charge is 0.144 e. The van der Waals surface area contributed by atoms with E-state index in [-0.39, 0.29) is 101 Å². The topological polar surface area (TPSA) is 161 Å². The maximum atomic E-state index is 4.45. The predicted molar refractivity (Wildman–Crippen MR) is 348 cm³/mol. The summed E-state index contributed by atoms with van der Waals surface area (Å²) in [5, 5.41) is 0. The van der Waals surface area contributed by atoms with E-state index in [1.54, 1.807) is 62.0 Å². The van der Waals surface area contributed by atoms with Crippen LogP contribution in [0.2, 0.25) is 0 Å². The summed E-state index contributed by atoms with van der Waals surface area (Å²) in [4.78, 5) is 63.9. The van der Waals surface area contributed by atoms with Gasteiger partial charge in [-0.3, -0.25) is 0 Å². The number of anilines is 15. The Morgan fingerprint density at radius 1 is 0.290 bits per heavy atom. The molecule has 93 heavy (non-hydrogen) atoms. The van der Waals surface area contributed by atoms with Gasteiger partial charge in [0, 0.05) is 162 Å². The molecule has 10 aromatic rings.